The first-order valence-electron chi connectivity index (χ1n) is 9.76. The molecule has 3 fully saturated rings. The monoisotopic (exact) mass is 352 g/mol. The van der Waals surface area contributed by atoms with Crippen LogP contribution in [0.2, 0.25) is 0 Å². The molecule has 3 aliphatic rings. The summed E-state index contributed by atoms with van der Waals surface area (Å²) in [7, 11) is 0. The molecule has 142 valence electrons. The van der Waals surface area contributed by atoms with Crippen molar-refractivity contribution < 1.29 is 14.3 Å². The van der Waals surface area contributed by atoms with Crippen LogP contribution in [0, 0.1) is 0 Å². The Morgan fingerprint density at radius 2 is 1.68 bits per heavy atom. The highest BCUT2D eigenvalue weighted by Gasteiger charge is 2.29. The molecule has 2 amide bonds. The third-order valence-electron chi connectivity index (χ3n) is 5.76. The number of carbonyl (C=O) groups is 2. The molecule has 0 aromatic carbocycles. The highest BCUT2D eigenvalue weighted by Crippen LogP contribution is 2.18. The number of hydrogen-bond donors (Lipinski definition) is 1. The van der Waals surface area contributed by atoms with E-state index < -0.39 is 0 Å². The van der Waals surface area contributed by atoms with Crippen molar-refractivity contribution in [2.75, 3.05) is 59.0 Å². The molecule has 1 N–H and O–H groups in total. The number of rotatable bonds is 5. The first-order valence-corrected chi connectivity index (χ1v) is 9.76. The summed E-state index contributed by atoms with van der Waals surface area (Å²) in [6, 6.07) is 0.253. The molecule has 1 atom stereocenters. The third kappa shape index (κ3) is 5.15. The minimum Gasteiger partial charge on any atom is -0.379 e. The number of piperazine rings is 1. The second-order valence-corrected chi connectivity index (χ2v) is 7.47. The van der Waals surface area contributed by atoms with Gasteiger partial charge in [-0.05, 0) is 19.8 Å². The maximum Gasteiger partial charge on any atom is 0.237 e. The maximum atomic E-state index is 12.5. The Hall–Kier alpha value is -1.18. The minimum atomic E-state index is -0.114. The van der Waals surface area contributed by atoms with Crippen molar-refractivity contribution in [3.05, 3.63) is 0 Å². The van der Waals surface area contributed by atoms with Crippen molar-refractivity contribution in [2.24, 2.45) is 0 Å². The predicted octanol–water partition coefficient (Wildman–Crippen LogP) is -0.0899. The van der Waals surface area contributed by atoms with Gasteiger partial charge in [-0.1, -0.05) is 12.8 Å². The first-order chi connectivity index (χ1) is 12.1. The van der Waals surface area contributed by atoms with Crippen molar-refractivity contribution in [3.8, 4) is 0 Å². The fraction of sp³-hybridized carbons (Fsp3) is 0.889. The van der Waals surface area contributed by atoms with Gasteiger partial charge in [0.25, 0.3) is 0 Å². The molecular weight excluding hydrogens is 320 g/mol. The quantitative estimate of drug-likeness (QED) is 0.749. The Morgan fingerprint density at radius 1 is 1.04 bits per heavy atom. The second-order valence-electron chi connectivity index (χ2n) is 7.47. The molecule has 1 aliphatic carbocycles. The average Bonchev–Trinajstić information content (AvgIpc) is 3.15. The number of morpholine rings is 1. The molecule has 7 heteroatoms. The van der Waals surface area contributed by atoms with Crippen LogP contribution >= 0.6 is 0 Å². The molecule has 0 spiro atoms. The van der Waals surface area contributed by atoms with E-state index in [2.05, 4.69) is 15.1 Å². The van der Waals surface area contributed by atoms with Gasteiger partial charge >= 0.3 is 0 Å². The van der Waals surface area contributed by atoms with E-state index in [9.17, 15) is 9.59 Å². The second kappa shape index (κ2) is 8.96. The van der Waals surface area contributed by atoms with E-state index in [-0.39, 0.29) is 17.9 Å². The summed E-state index contributed by atoms with van der Waals surface area (Å²) in [4.78, 5) is 31.2. The highest BCUT2D eigenvalue weighted by atomic mass is 16.5. The van der Waals surface area contributed by atoms with E-state index in [1.54, 1.807) is 0 Å². The fourth-order valence-corrected chi connectivity index (χ4v) is 3.97. The molecule has 3 rings (SSSR count). The van der Waals surface area contributed by atoms with E-state index in [0.29, 0.717) is 38.9 Å². The summed E-state index contributed by atoms with van der Waals surface area (Å²) in [5.74, 6) is 0.338. The summed E-state index contributed by atoms with van der Waals surface area (Å²) >= 11 is 0. The number of nitrogens with zero attached hydrogens (tertiary/aromatic N) is 3. The van der Waals surface area contributed by atoms with Crippen LogP contribution in [0.3, 0.4) is 0 Å². The van der Waals surface area contributed by atoms with E-state index in [1.165, 1.54) is 12.8 Å². The number of hydrogen-bond acceptors (Lipinski definition) is 5. The van der Waals surface area contributed by atoms with Gasteiger partial charge in [-0.15, -0.1) is 0 Å². The number of ether oxygens (including phenoxy) is 1. The van der Waals surface area contributed by atoms with Crippen LogP contribution in [-0.2, 0) is 14.3 Å². The Morgan fingerprint density at radius 3 is 2.32 bits per heavy atom. The van der Waals surface area contributed by atoms with E-state index >= 15 is 0 Å². The SMILES string of the molecule is CC(C(=O)NC1CCCC1)N1CCN(C(=O)CN2CCOCC2)CC1. The van der Waals surface area contributed by atoms with Crippen LogP contribution < -0.4 is 5.32 Å². The van der Waals surface area contributed by atoms with Gasteiger partial charge in [-0.3, -0.25) is 19.4 Å². The summed E-state index contributed by atoms with van der Waals surface area (Å²) in [5.41, 5.74) is 0. The fourth-order valence-electron chi connectivity index (χ4n) is 3.97. The third-order valence-corrected chi connectivity index (χ3v) is 5.76. The van der Waals surface area contributed by atoms with Gasteiger partial charge in [0.15, 0.2) is 0 Å². The molecule has 2 saturated heterocycles. The van der Waals surface area contributed by atoms with Crippen molar-refractivity contribution in [3.63, 3.8) is 0 Å². The van der Waals surface area contributed by atoms with E-state index in [0.717, 1.165) is 39.0 Å². The normalized spacial score (nSPS) is 25.1. The largest absolute Gasteiger partial charge is 0.379 e. The van der Waals surface area contributed by atoms with Crippen LogP contribution in [0.1, 0.15) is 32.6 Å². The Balaban J connectivity index is 1.39. The van der Waals surface area contributed by atoms with Crippen LogP contribution in [0.25, 0.3) is 0 Å². The van der Waals surface area contributed by atoms with Gasteiger partial charge in [0.05, 0.1) is 25.8 Å². The van der Waals surface area contributed by atoms with Crippen molar-refractivity contribution >= 4 is 11.8 Å². The van der Waals surface area contributed by atoms with Crippen molar-refractivity contribution in [1.82, 2.24) is 20.0 Å². The van der Waals surface area contributed by atoms with Crippen LogP contribution in [0.15, 0.2) is 0 Å². The van der Waals surface area contributed by atoms with Gasteiger partial charge in [-0.25, -0.2) is 0 Å². The standard InChI is InChI=1S/C18H32N4O3/c1-15(18(24)19-16-4-2-3-5-16)21-6-8-22(9-7-21)17(23)14-20-10-12-25-13-11-20/h15-16H,2-14H2,1H3,(H,19,24). The number of amides is 2. The lowest BCUT2D eigenvalue weighted by atomic mass is 10.2. The number of carbonyl (C=O) groups excluding carboxylic acids is 2. The van der Waals surface area contributed by atoms with Gasteiger partial charge < -0.3 is 15.0 Å². The van der Waals surface area contributed by atoms with Crippen molar-refractivity contribution in [2.45, 2.75) is 44.7 Å². The molecule has 0 radical (unpaired) electrons. The van der Waals surface area contributed by atoms with Crippen LogP contribution in [0.5, 0.6) is 0 Å². The lowest BCUT2D eigenvalue weighted by Gasteiger charge is -2.38. The Bertz CT molecular complexity index is 453. The van der Waals surface area contributed by atoms with E-state index in [4.69, 9.17) is 4.74 Å². The number of nitrogens with one attached hydrogen (secondary N) is 1. The van der Waals surface area contributed by atoms with E-state index in [1.807, 2.05) is 11.8 Å². The smallest absolute Gasteiger partial charge is 0.237 e. The molecule has 2 heterocycles. The lowest BCUT2D eigenvalue weighted by molar-refractivity contribution is -0.136. The minimum absolute atomic E-state index is 0.114. The van der Waals surface area contributed by atoms with Gasteiger partial charge in [0.2, 0.25) is 11.8 Å². The molecule has 0 aromatic rings. The summed E-state index contributed by atoms with van der Waals surface area (Å²) in [6.45, 7) is 8.55. The molecule has 1 saturated carbocycles. The van der Waals surface area contributed by atoms with Crippen LogP contribution in [-0.4, -0.2) is 97.6 Å². The zero-order valence-corrected chi connectivity index (χ0v) is 15.4. The highest BCUT2D eigenvalue weighted by molar-refractivity contribution is 5.82. The zero-order valence-electron chi connectivity index (χ0n) is 15.4. The molecule has 0 aromatic heterocycles. The first kappa shape index (κ1) is 18.6. The Labute approximate surface area is 150 Å². The molecule has 7 nitrogen and oxygen atoms in total. The summed E-state index contributed by atoms with van der Waals surface area (Å²) in [5, 5.41) is 3.18. The van der Waals surface area contributed by atoms with Crippen molar-refractivity contribution in [1.29, 1.82) is 0 Å². The molecule has 25 heavy (non-hydrogen) atoms. The topological polar surface area (TPSA) is 65.1 Å². The maximum absolute atomic E-state index is 12.5. The molecular formula is C18H32N4O3. The average molecular weight is 352 g/mol. The Kier molecular flexibility index (Phi) is 6.67. The van der Waals surface area contributed by atoms with Crippen LogP contribution in [0.4, 0.5) is 0 Å². The van der Waals surface area contributed by atoms with Gasteiger partial charge in [0.1, 0.15) is 0 Å². The molecule has 2 aliphatic heterocycles. The zero-order chi connectivity index (χ0) is 17.6. The summed E-state index contributed by atoms with van der Waals surface area (Å²) < 4.78 is 5.33. The predicted molar refractivity (Wildman–Crippen MR) is 95.3 cm³/mol. The van der Waals surface area contributed by atoms with Gasteiger partial charge in [0, 0.05) is 45.3 Å². The molecule has 0 bridgehead atoms. The van der Waals surface area contributed by atoms with Gasteiger partial charge in [-0.2, -0.15) is 0 Å². The summed E-state index contributed by atoms with van der Waals surface area (Å²) in [6.07, 6.45) is 4.68. The lowest BCUT2D eigenvalue weighted by Crippen LogP contribution is -2.57. The molecule has 1 unspecified atom stereocenters.